The summed E-state index contributed by atoms with van der Waals surface area (Å²) >= 11 is 7.67. The molecule has 0 saturated carbocycles. The van der Waals surface area contributed by atoms with E-state index in [1.807, 2.05) is 29.6 Å². The lowest BCUT2D eigenvalue weighted by molar-refractivity contribution is -0.123. The summed E-state index contributed by atoms with van der Waals surface area (Å²) in [6.45, 7) is 0.310. The number of aliphatic imine (C=N–C) groups is 1. The van der Waals surface area contributed by atoms with Gasteiger partial charge in [0.2, 0.25) is 11.8 Å². The Hall–Kier alpha value is -3.03. The Morgan fingerprint density at radius 2 is 2.10 bits per heavy atom. The van der Waals surface area contributed by atoms with E-state index in [-0.39, 0.29) is 24.8 Å². The quantitative estimate of drug-likeness (QED) is 0.673. The third-order valence-corrected chi connectivity index (χ3v) is 5.51. The Morgan fingerprint density at radius 3 is 2.90 bits per heavy atom. The second-order valence-electron chi connectivity index (χ2n) is 6.43. The van der Waals surface area contributed by atoms with Crippen molar-refractivity contribution >= 4 is 52.0 Å². The molecule has 29 heavy (non-hydrogen) atoms. The Kier molecular flexibility index (Phi) is 5.69. The van der Waals surface area contributed by atoms with Crippen LogP contribution < -0.4 is 10.2 Å². The number of nitrogens with one attached hydrogen (secondary N) is 1. The highest BCUT2D eigenvalue weighted by Crippen LogP contribution is 2.31. The van der Waals surface area contributed by atoms with Gasteiger partial charge in [0, 0.05) is 16.1 Å². The lowest BCUT2D eigenvalue weighted by Gasteiger charge is -2.20. The largest absolute Gasteiger partial charge is 0.350 e. The first-order valence-corrected chi connectivity index (χ1v) is 10.2. The van der Waals surface area contributed by atoms with E-state index in [1.54, 1.807) is 41.8 Å². The lowest BCUT2D eigenvalue weighted by atomic mass is 10.1. The molecule has 1 aliphatic heterocycles. The third-order valence-electron chi connectivity index (χ3n) is 4.40. The summed E-state index contributed by atoms with van der Waals surface area (Å²) in [4.78, 5) is 36.9. The van der Waals surface area contributed by atoms with Gasteiger partial charge in [0.05, 0.1) is 18.7 Å². The van der Waals surface area contributed by atoms with Gasteiger partial charge in [-0.25, -0.2) is 9.98 Å². The molecule has 4 rings (SSSR count). The lowest BCUT2D eigenvalue weighted by Crippen LogP contribution is -2.41. The number of hydrogen-bond donors (Lipinski definition) is 1. The number of fused-ring (bicyclic) bond motifs is 1. The smallest absolute Gasteiger partial charge is 0.240 e. The number of rotatable bonds is 5. The molecule has 0 bridgehead atoms. The maximum absolute atomic E-state index is 13.0. The number of hydrogen-bond acceptors (Lipinski definition) is 5. The Bertz CT molecular complexity index is 1080. The molecule has 3 heterocycles. The molecule has 2 amide bonds. The number of amides is 2. The van der Waals surface area contributed by atoms with Crippen LogP contribution >= 0.6 is 22.9 Å². The molecule has 0 unspecified atom stereocenters. The number of benzene rings is 1. The molecular weight excluding hydrogens is 408 g/mol. The molecular formula is C21H17ClN4O2S. The van der Waals surface area contributed by atoms with Gasteiger partial charge in [-0.1, -0.05) is 29.8 Å². The van der Waals surface area contributed by atoms with E-state index in [9.17, 15) is 9.59 Å². The van der Waals surface area contributed by atoms with Crippen molar-refractivity contribution in [2.75, 3.05) is 11.4 Å². The summed E-state index contributed by atoms with van der Waals surface area (Å²) in [5, 5.41) is 5.37. The van der Waals surface area contributed by atoms with E-state index in [4.69, 9.17) is 11.6 Å². The molecule has 2 aromatic heterocycles. The fourth-order valence-corrected chi connectivity index (χ4v) is 3.86. The van der Waals surface area contributed by atoms with Crippen LogP contribution in [0.15, 0.2) is 65.1 Å². The molecule has 0 saturated heterocycles. The van der Waals surface area contributed by atoms with Crippen molar-refractivity contribution in [2.24, 2.45) is 4.99 Å². The van der Waals surface area contributed by atoms with Crippen LogP contribution in [-0.4, -0.2) is 29.1 Å². The van der Waals surface area contributed by atoms with Crippen LogP contribution in [0, 0.1) is 0 Å². The van der Waals surface area contributed by atoms with Crippen LogP contribution in [0.3, 0.4) is 0 Å². The molecule has 6 nitrogen and oxygen atoms in total. The maximum Gasteiger partial charge on any atom is 0.240 e. The second kappa shape index (κ2) is 8.55. The standard InChI is InChI=1S/C21H17ClN4O2S/c22-15-5-1-4-14(10-15)18-11-20(28)26(21-17(25-18)7-2-8-23-21)13-19(27)24-12-16-6-3-9-29-16/h1-10H,11-13H2,(H,24,27). The molecule has 0 fully saturated rings. The van der Waals surface area contributed by atoms with Crippen molar-refractivity contribution in [3.8, 4) is 0 Å². The van der Waals surface area contributed by atoms with Gasteiger partial charge in [0.15, 0.2) is 5.82 Å². The molecule has 0 atom stereocenters. The number of pyridine rings is 1. The van der Waals surface area contributed by atoms with Gasteiger partial charge in [-0.15, -0.1) is 11.3 Å². The molecule has 3 aromatic rings. The minimum Gasteiger partial charge on any atom is -0.350 e. The maximum atomic E-state index is 13.0. The molecule has 8 heteroatoms. The summed E-state index contributed by atoms with van der Waals surface area (Å²) in [5.74, 6) is -0.122. The van der Waals surface area contributed by atoms with Crippen molar-refractivity contribution in [1.82, 2.24) is 10.3 Å². The number of aromatic nitrogens is 1. The van der Waals surface area contributed by atoms with Crippen molar-refractivity contribution in [3.05, 3.63) is 75.6 Å². The number of anilines is 1. The summed E-state index contributed by atoms with van der Waals surface area (Å²) in [6.07, 6.45) is 1.64. The number of carbonyl (C=O) groups is 2. The molecule has 0 aliphatic carbocycles. The van der Waals surface area contributed by atoms with Crippen molar-refractivity contribution < 1.29 is 9.59 Å². The fraction of sp³-hybridized carbons (Fsp3) is 0.143. The molecule has 1 N–H and O–H groups in total. The minimum atomic E-state index is -0.255. The summed E-state index contributed by atoms with van der Waals surface area (Å²) < 4.78 is 0. The molecule has 0 spiro atoms. The Balaban J connectivity index is 1.58. The first-order chi connectivity index (χ1) is 14.1. The normalized spacial score (nSPS) is 13.5. The zero-order valence-electron chi connectivity index (χ0n) is 15.3. The predicted molar refractivity (Wildman–Crippen MR) is 115 cm³/mol. The zero-order valence-corrected chi connectivity index (χ0v) is 16.9. The van der Waals surface area contributed by atoms with Crippen LogP contribution in [0.25, 0.3) is 0 Å². The van der Waals surface area contributed by atoms with Crippen LogP contribution in [0.1, 0.15) is 16.9 Å². The predicted octanol–water partition coefficient (Wildman–Crippen LogP) is 3.97. The van der Waals surface area contributed by atoms with E-state index >= 15 is 0 Å². The highest BCUT2D eigenvalue weighted by molar-refractivity contribution is 7.09. The first-order valence-electron chi connectivity index (χ1n) is 8.98. The Labute approximate surface area is 176 Å². The van der Waals surface area contributed by atoms with Crippen LogP contribution in [0.5, 0.6) is 0 Å². The van der Waals surface area contributed by atoms with Gasteiger partial charge in [0.1, 0.15) is 12.2 Å². The van der Waals surface area contributed by atoms with Gasteiger partial charge >= 0.3 is 0 Å². The SMILES string of the molecule is O=C(CN1C(=O)CC(c2cccc(Cl)c2)=Nc2cccnc21)NCc1cccs1. The van der Waals surface area contributed by atoms with Gasteiger partial charge in [-0.3, -0.25) is 14.5 Å². The highest BCUT2D eigenvalue weighted by Gasteiger charge is 2.27. The van der Waals surface area contributed by atoms with Gasteiger partial charge < -0.3 is 5.32 Å². The van der Waals surface area contributed by atoms with Crippen molar-refractivity contribution in [1.29, 1.82) is 0 Å². The van der Waals surface area contributed by atoms with Gasteiger partial charge in [-0.2, -0.15) is 0 Å². The molecule has 1 aliphatic rings. The number of nitrogens with zero attached hydrogens (tertiary/aromatic N) is 3. The topological polar surface area (TPSA) is 74.7 Å². The molecule has 146 valence electrons. The average molecular weight is 425 g/mol. The minimum absolute atomic E-state index is 0.0505. The molecule has 0 radical (unpaired) electrons. The summed E-state index contributed by atoms with van der Waals surface area (Å²) in [7, 11) is 0. The van der Waals surface area contributed by atoms with E-state index in [0.29, 0.717) is 28.8 Å². The number of thiophene rings is 1. The first kappa shape index (κ1) is 19.3. The van der Waals surface area contributed by atoms with Crippen LogP contribution in [-0.2, 0) is 16.1 Å². The Morgan fingerprint density at radius 1 is 1.21 bits per heavy atom. The van der Waals surface area contributed by atoms with E-state index in [2.05, 4.69) is 15.3 Å². The number of halogens is 1. The summed E-state index contributed by atoms with van der Waals surface area (Å²) in [6, 6.07) is 14.6. The van der Waals surface area contributed by atoms with Gasteiger partial charge in [-0.05, 0) is 41.3 Å². The van der Waals surface area contributed by atoms with Crippen LogP contribution in [0.2, 0.25) is 5.02 Å². The number of carbonyl (C=O) groups excluding carboxylic acids is 2. The van der Waals surface area contributed by atoms with Crippen molar-refractivity contribution in [2.45, 2.75) is 13.0 Å². The second-order valence-corrected chi connectivity index (χ2v) is 7.90. The highest BCUT2D eigenvalue weighted by atomic mass is 35.5. The van der Waals surface area contributed by atoms with E-state index in [1.165, 1.54) is 4.90 Å². The third kappa shape index (κ3) is 4.52. The van der Waals surface area contributed by atoms with Crippen LogP contribution in [0.4, 0.5) is 11.5 Å². The summed E-state index contributed by atoms with van der Waals surface area (Å²) in [5.41, 5.74) is 1.90. The fourth-order valence-electron chi connectivity index (χ4n) is 3.02. The van der Waals surface area contributed by atoms with Crippen molar-refractivity contribution in [3.63, 3.8) is 0 Å². The van der Waals surface area contributed by atoms with Gasteiger partial charge in [0.25, 0.3) is 0 Å². The average Bonchev–Trinajstić information content (AvgIpc) is 3.19. The van der Waals surface area contributed by atoms with E-state index < -0.39 is 0 Å². The monoisotopic (exact) mass is 424 g/mol. The molecule has 1 aromatic carbocycles. The van der Waals surface area contributed by atoms with E-state index in [0.717, 1.165) is 10.4 Å². The zero-order chi connectivity index (χ0) is 20.2.